The first-order valence-corrected chi connectivity index (χ1v) is 6.00. The number of nitrogens with zero attached hydrogens (tertiary/aromatic N) is 2. The van der Waals surface area contributed by atoms with Gasteiger partial charge in [0.2, 0.25) is 0 Å². The Morgan fingerprint density at radius 1 is 1.35 bits per heavy atom. The molecule has 0 aliphatic rings. The van der Waals surface area contributed by atoms with Gasteiger partial charge in [-0.15, -0.1) is 0 Å². The minimum atomic E-state index is -0.683. The molecule has 1 aromatic heterocycles. The molecule has 94 valence electrons. The van der Waals surface area contributed by atoms with Crippen LogP contribution in [0.1, 0.15) is 19.3 Å². The first-order chi connectivity index (χ1) is 8.06. The second kappa shape index (κ2) is 6.51. The molecule has 0 bridgehead atoms. The lowest BCUT2D eigenvalue weighted by molar-refractivity contribution is -0.386. The van der Waals surface area contributed by atoms with Gasteiger partial charge in [0.1, 0.15) is 0 Å². The van der Waals surface area contributed by atoms with E-state index in [1.165, 1.54) is 12.4 Å². The Morgan fingerprint density at radius 3 is 2.65 bits per heavy atom. The smallest absolute Gasteiger partial charge is 0.333 e. The highest BCUT2D eigenvalue weighted by molar-refractivity contribution is 9.10. The molecule has 6 nitrogen and oxygen atoms in total. The first kappa shape index (κ1) is 13.9. The molecule has 0 aliphatic heterocycles. The molecule has 0 spiro atoms. The second-order valence-corrected chi connectivity index (χ2v) is 4.45. The fraction of sp³-hybridized carbons (Fsp3) is 0.500. The van der Waals surface area contributed by atoms with Crippen LogP contribution in [0.2, 0.25) is 0 Å². The van der Waals surface area contributed by atoms with Crippen LogP contribution in [0.3, 0.4) is 0 Å². The van der Waals surface area contributed by atoms with Crippen molar-refractivity contribution in [3.8, 4) is 0 Å². The van der Waals surface area contributed by atoms with Crippen molar-refractivity contribution in [3.63, 3.8) is 0 Å². The lowest BCUT2D eigenvalue weighted by Crippen LogP contribution is -2.13. The molecule has 1 heterocycles. The molecule has 1 N–H and O–H groups in total. The minimum absolute atomic E-state index is 0.147. The van der Waals surface area contributed by atoms with E-state index in [0.29, 0.717) is 13.0 Å². The van der Waals surface area contributed by atoms with Crippen LogP contribution in [-0.4, -0.2) is 21.2 Å². The predicted octanol–water partition coefficient (Wildman–Crippen LogP) is 1.68. The van der Waals surface area contributed by atoms with Crippen molar-refractivity contribution >= 4 is 21.6 Å². The van der Waals surface area contributed by atoms with Gasteiger partial charge < -0.3 is 9.67 Å². The summed E-state index contributed by atoms with van der Waals surface area (Å²) >= 11 is 3.01. The summed E-state index contributed by atoms with van der Waals surface area (Å²) in [6, 6.07) is 0. The molecule has 0 fully saturated rings. The Labute approximate surface area is 106 Å². The number of rotatable bonds is 6. The minimum Gasteiger partial charge on any atom is -0.396 e. The highest BCUT2D eigenvalue weighted by Crippen LogP contribution is 2.11. The van der Waals surface area contributed by atoms with Gasteiger partial charge in [-0.25, -0.2) is 0 Å². The molecule has 0 radical (unpaired) electrons. The molecule has 0 amide bonds. The Balaban J connectivity index is 2.80. The summed E-state index contributed by atoms with van der Waals surface area (Å²) < 4.78 is 1.80. The fourth-order valence-electron chi connectivity index (χ4n) is 1.42. The molecule has 0 saturated carbocycles. The van der Waals surface area contributed by atoms with Crippen LogP contribution < -0.4 is 5.43 Å². The molecule has 1 rings (SSSR count). The summed E-state index contributed by atoms with van der Waals surface area (Å²) in [6.07, 6.45) is 5.13. The van der Waals surface area contributed by atoms with Gasteiger partial charge in [-0.2, -0.15) is 0 Å². The van der Waals surface area contributed by atoms with E-state index in [9.17, 15) is 14.9 Å². The van der Waals surface area contributed by atoms with Crippen molar-refractivity contribution in [2.45, 2.75) is 25.8 Å². The number of aliphatic hydroxyl groups is 1. The van der Waals surface area contributed by atoms with Gasteiger partial charge in [-0.3, -0.25) is 14.9 Å². The number of pyridine rings is 1. The van der Waals surface area contributed by atoms with Crippen molar-refractivity contribution in [1.82, 2.24) is 4.57 Å². The summed E-state index contributed by atoms with van der Waals surface area (Å²) in [5.74, 6) is 0. The number of aromatic nitrogens is 1. The van der Waals surface area contributed by atoms with Crippen LogP contribution in [0.15, 0.2) is 21.7 Å². The zero-order valence-electron chi connectivity index (χ0n) is 9.13. The molecule has 17 heavy (non-hydrogen) atoms. The third-order valence-corrected chi connectivity index (χ3v) is 2.85. The molecule has 0 atom stereocenters. The molecule has 7 heteroatoms. The van der Waals surface area contributed by atoms with Gasteiger partial charge in [0.25, 0.3) is 5.43 Å². The first-order valence-electron chi connectivity index (χ1n) is 5.21. The Kier molecular flexibility index (Phi) is 5.30. The largest absolute Gasteiger partial charge is 0.396 e. The van der Waals surface area contributed by atoms with Gasteiger partial charge in [-0.1, -0.05) is 0 Å². The van der Waals surface area contributed by atoms with E-state index in [2.05, 4.69) is 15.9 Å². The van der Waals surface area contributed by atoms with Crippen molar-refractivity contribution in [2.75, 3.05) is 6.61 Å². The molecule has 0 aliphatic carbocycles. The van der Waals surface area contributed by atoms with Gasteiger partial charge in [0.15, 0.2) is 0 Å². The molecular weight excluding hydrogens is 292 g/mol. The lowest BCUT2D eigenvalue weighted by Gasteiger charge is -2.06. The van der Waals surface area contributed by atoms with Gasteiger partial charge in [0.05, 0.1) is 15.6 Å². The maximum Gasteiger partial charge on any atom is 0.333 e. The van der Waals surface area contributed by atoms with Crippen LogP contribution in [0.5, 0.6) is 0 Å². The number of unbranched alkanes of at least 4 members (excludes halogenated alkanes) is 2. The maximum absolute atomic E-state index is 11.4. The van der Waals surface area contributed by atoms with Crippen LogP contribution in [0.4, 0.5) is 5.69 Å². The zero-order valence-corrected chi connectivity index (χ0v) is 10.7. The number of hydrogen-bond acceptors (Lipinski definition) is 4. The zero-order chi connectivity index (χ0) is 12.8. The Morgan fingerprint density at radius 2 is 2.06 bits per heavy atom. The van der Waals surface area contributed by atoms with Crippen molar-refractivity contribution < 1.29 is 10.0 Å². The van der Waals surface area contributed by atoms with Crippen molar-refractivity contribution in [3.05, 3.63) is 37.2 Å². The summed E-state index contributed by atoms with van der Waals surface area (Å²) in [7, 11) is 0. The van der Waals surface area contributed by atoms with Crippen LogP contribution in [0.25, 0.3) is 0 Å². The normalized spacial score (nSPS) is 10.5. The van der Waals surface area contributed by atoms with Crippen LogP contribution >= 0.6 is 15.9 Å². The van der Waals surface area contributed by atoms with E-state index in [1.54, 1.807) is 4.57 Å². The maximum atomic E-state index is 11.4. The summed E-state index contributed by atoms with van der Waals surface area (Å²) in [4.78, 5) is 21.4. The SMILES string of the molecule is O=c1c(Br)cn(CCCCCO)cc1[N+](=O)[O-]. The number of halogens is 1. The van der Waals surface area contributed by atoms with Crippen molar-refractivity contribution in [2.24, 2.45) is 0 Å². The highest BCUT2D eigenvalue weighted by atomic mass is 79.9. The monoisotopic (exact) mass is 304 g/mol. The number of aliphatic hydroxyl groups excluding tert-OH is 1. The number of nitro groups is 1. The van der Waals surface area contributed by atoms with E-state index in [1.807, 2.05) is 0 Å². The quantitative estimate of drug-likeness (QED) is 0.492. The van der Waals surface area contributed by atoms with Crippen LogP contribution in [0, 0.1) is 10.1 Å². The topological polar surface area (TPSA) is 85.4 Å². The third kappa shape index (κ3) is 3.94. The van der Waals surface area contributed by atoms with E-state index in [4.69, 9.17) is 5.11 Å². The van der Waals surface area contributed by atoms with Crippen molar-refractivity contribution in [1.29, 1.82) is 0 Å². The summed E-state index contributed by atoms with van der Waals surface area (Å²) in [5, 5.41) is 19.3. The highest BCUT2D eigenvalue weighted by Gasteiger charge is 2.15. The molecule has 0 saturated heterocycles. The third-order valence-electron chi connectivity index (χ3n) is 2.29. The van der Waals surface area contributed by atoms with Gasteiger partial charge in [0, 0.05) is 19.3 Å². The van der Waals surface area contributed by atoms with E-state index in [0.717, 1.165) is 12.8 Å². The molecule has 0 unspecified atom stereocenters. The Bertz CT molecular complexity index is 458. The molecule has 1 aromatic rings. The Hall–Kier alpha value is -1.21. The standard InChI is InChI=1S/C10H13BrN2O4/c11-8-6-12(4-2-1-3-5-14)7-9(10(8)15)13(16)17/h6-7,14H,1-5H2. The average molecular weight is 305 g/mol. The molecular formula is C10H13BrN2O4. The average Bonchev–Trinajstić information content (AvgIpc) is 2.28. The predicted molar refractivity (Wildman–Crippen MR) is 66.0 cm³/mol. The van der Waals surface area contributed by atoms with E-state index >= 15 is 0 Å². The number of aryl methyl sites for hydroxylation is 1. The van der Waals surface area contributed by atoms with E-state index < -0.39 is 16.0 Å². The van der Waals surface area contributed by atoms with Gasteiger partial charge >= 0.3 is 5.69 Å². The second-order valence-electron chi connectivity index (χ2n) is 3.60. The summed E-state index contributed by atoms with van der Waals surface area (Å²) in [6.45, 7) is 0.730. The molecule has 0 aromatic carbocycles. The number of hydrogen-bond donors (Lipinski definition) is 1. The van der Waals surface area contributed by atoms with Gasteiger partial charge in [-0.05, 0) is 35.2 Å². The lowest BCUT2D eigenvalue weighted by atomic mass is 10.2. The van der Waals surface area contributed by atoms with Crippen LogP contribution in [-0.2, 0) is 6.54 Å². The van der Waals surface area contributed by atoms with E-state index in [-0.39, 0.29) is 11.1 Å². The fourth-order valence-corrected chi connectivity index (χ4v) is 1.89. The summed E-state index contributed by atoms with van der Waals surface area (Å²) in [5.41, 5.74) is -1.04.